The van der Waals surface area contributed by atoms with E-state index in [1.807, 2.05) is 32.9 Å². The van der Waals surface area contributed by atoms with Crippen molar-refractivity contribution in [2.45, 2.75) is 45.3 Å². The van der Waals surface area contributed by atoms with Gasteiger partial charge in [-0.25, -0.2) is 4.79 Å². The largest absolute Gasteiger partial charge is 0.444 e. The van der Waals surface area contributed by atoms with Gasteiger partial charge in [-0.3, -0.25) is 4.68 Å². The van der Waals surface area contributed by atoms with Gasteiger partial charge in [-0.15, -0.1) is 0 Å². The summed E-state index contributed by atoms with van der Waals surface area (Å²) >= 11 is 6.39. The van der Waals surface area contributed by atoms with Crippen LogP contribution in [0.1, 0.15) is 39.7 Å². The highest BCUT2D eigenvalue weighted by atomic mass is 35.5. The van der Waals surface area contributed by atoms with Crippen LogP contribution in [0.15, 0.2) is 18.3 Å². The third kappa shape index (κ3) is 4.61. The summed E-state index contributed by atoms with van der Waals surface area (Å²) in [5, 5.41) is 6.69. The van der Waals surface area contributed by atoms with Crippen molar-refractivity contribution in [3.8, 4) is 0 Å². The maximum atomic E-state index is 12.3. The number of hydrogen-bond acceptors (Lipinski definition) is 5. The molecule has 0 radical (unpaired) electrons. The molecular formula is C21H29ClN4O3. The van der Waals surface area contributed by atoms with E-state index >= 15 is 0 Å². The quantitative estimate of drug-likeness (QED) is 0.732. The molecule has 0 spiro atoms. The molecule has 0 aliphatic carbocycles. The fraction of sp³-hybridized carbons (Fsp3) is 0.619. The van der Waals surface area contributed by atoms with Crippen molar-refractivity contribution in [2.24, 2.45) is 0 Å². The van der Waals surface area contributed by atoms with Crippen LogP contribution in [0, 0.1) is 0 Å². The number of aromatic nitrogens is 2. The fourth-order valence-corrected chi connectivity index (χ4v) is 4.19. The van der Waals surface area contributed by atoms with Gasteiger partial charge >= 0.3 is 6.09 Å². The van der Waals surface area contributed by atoms with E-state index in [1.165, 1.54) is 0 Å². The lowest BCUT2D eigenvalue weighted by atomic mass is 10.1. The number of nitrogens with zero attached hydrogens (tertiary/aromatic N) is 4. The Bertz CT molecular complexity index is 878. The number of likely N-dealkylation sites (tertiary alicyclic amines) is 1. The van der Waals surface area contributed by atoms with E-state index in [9.17, 15) is 4.79 Å². The summed E-state index contributed by atoms with van der Waals surface area (Å²) in [5.41, 5.74) is 1.58. The number of hydrogen-bond donors (Lipinski definition) is 0. The number of rotatable bonds is 2. The van der Waals surface area contributed by atoms with E-state index in [0.717, 1.165) is 60.8 Å². The molecule has 2 saturated heterocycles. The van der Waals surface area contributed by atoms with E-state index in [-0.39, 0.29) is 12.1 Å². The lowest BCUT2D eigenvalue weighted by Crippen LogP contribution is -2.42. The lowest BCUT2D eigenvalue weighted by molar-refractivity contribution is 0.0185. The molecule has 3 heterocycles. The van der Waals surface area contributed by atoms with Crippen molar-refractivity contribution in [1.82, 2.24) is 14.7 Å². The Labute approximate surface area is 176 Å². The highest BCUT2D eigenvalue weighted by Crippen LogP contribution is 2.33. The highest BCUT2D eigenvalue weighted by Gasteiger charge is 2.28. The number of fused-ring (bicyclic) bond motifs is 1. The summed E-state index contributed by atoms with van der Waals surface area (Å²) in [4.78, 5) is 16.4. The van der Waals surface area contributed by atoms with E-state index in [4.69, 9.17) is 26.2 Å². The smallest absolute Gasteiger partial charge is 0.410 e. The topological polar surface area (TPSA) is 59.8 Å². The second-order valence-electron chi connectivity index (χ2n) is 8.77. The summed E-state index contributed by atoms with van der Waals surface area (Å²) in [5.74, 6) is 0. The standard InChI is InChI=1S/C21H29ClN4O3/c1-21(2,3)29-20(27)25-6-4-17(5-7-25)26-14-15-12-16(22)13-18(19(15)23-26)24-8-10-28-11-9-24/h12-14,17H,4-11H2,1-3H3. The number of ether oxygens (including phenoxy) is 2. The van der Waals surface area contributed by atoms with Crippen LogP contribution in [0.3, 0.4) is 0 Å². The molecule has 2 fully saturated rings. The van der Waals surface area contributed by atoms with Gasteiger partial charge in [0.15, 0.2) is 0 Å². The number of carbonyl (C=O) groups excluding carboxylic acids is 1. The van der Waals surface area contributed by atoms with Crippen LogP contribution in [-0.2, 0) is 9.47 Å². The van der Waals surface area contributed by atoms with Crippen molar-refractivity contribution in [3.63, 3.8) is 0 Å². The number of piperidine rings is 1. The molecule has 29 heavy (non-hydrogen) atoms. The lowest BCUT2D eigenvalue weighted by Gasteiger charge is -2.33. The van der Waals surface area contributed by atoms with E-state index in [2.05, 4.69) is 15.8 Å². The third-order valence-electron chi connectivity index (χ3n) is 5.41. The molecule has 1 amide bonds. The van der Waals surface area contributed by atoms with Gasteiger partial charge in [0, 0.05) is 42.8 Å². The first kappa shape index (κ1) is 20.3. The molecule has 2 aliphatic rings. The zero-order valence-corrected chi connectivity index (χ0v) is 18.1. The molecule has 0 atom stereocenters. The Morgan fingerprint density at radius 3 is 2.52 bits per heavy atom. The van der Waals surface area contributed by atoms with Crippen LogP contribution in [0.25, 0.3) is 10.9 Å². The minimum Gasteiger partial charge on any atom is -0.444 e. The Hall–Kier alpha value is -1.99. The van der Waals surface area contributed by atoms with Crippen LogP contribution < -0.4 is 4.90 Å². The first-order valence-corrected chi connectivity index (χ1v) is 10.7. The van der Waals surface area contributed by atoms with Crippen LogP contribution >= 0.6 is 11.6 Å². The third-order valence-corrected chi connectivity index (χ3v) is 5.63. The SMILES string of the molecule is CC(C)(C)OC(=O)N1CCC(n2cc3cc(Cl)cc(N4CCOCC4)c3n2)CC1. The molecule has 0 bridgehead atoms. The van der Waals surface area contributed by atoms with Crippen molar-refractivity contribution in [2.75, 3.05) is 44.3 Å². The summed E-state index contributed by atoms with van der Waals surface area (Å²) in [6.07, 6.45) is 3.56. The van der Waals surface area contributed by atoms with E-state index in [1.54, 1.807) is 4.90 Å². The summed E-state index contributed by atoms with van der Waals surface area (Å²) in [6, 6.07) is 4.23. The Kier molecular flexibility index (Phi) is 5.62. The normalized spacial score (nSPS) is 19.0. The Morgan fingerprint density at radius 1 is 1.17 bits per heavy atom. The van der Waals surface area contributed by atoms with Crippen molar-refractivity contribution in [3.05, 3.63) is 23.4 Å². The van der Waals surface area contributed by atoms with Gasteiger partial charge < -0.3 is 19.3 Å². The van der Waals surface area contributed by atoms with Crippen molar-refractivity contribution >= 4 is 34.3 Å². The predicted octanol–water partition coefficient (Wildman–Crippen LogP) is 4.10. The second kappa shape index (κ2) is 8.03. The maximum absolute atomic E-state index is 12.3. The predicted molar refractivity (Wildman–Crippen MR) is 114 cm³/mol. The van der Waals surface area contributed by atoms with Gasteiger partial charge in [-0.1, -0.05) is 11.6 Å². The molecule has 2 aliphatic heterocycles. The number of morpholine rings is 1. The first-order valence-electron chi connectivity index (χ1n) is 10.3. The van der Waals surface area contributed by atoms with Crippen molar-refractivity contribution in [1.29, 1.82) is 0 Å². The molecule has 1 aromatic heterocycles. The van der Waals surface area contributed by atoms with E-state index in [0.29, 0.717) is 13.1 Å². The number of carbonyl (C=O) groups is 1. The number of halogens is 1. The van der Waals surface area contributed by atoms with Gasteiger partial charge in [0.2, 0.25) is 0 Å². The summed E-state index contributed by atoms with van der Waals surface area (Å²) < 4.78 is 13.0. The Balaban J connectivity index is 1.50. The summed E-state index contributed by atoms with van der Waals surface area (Å²) in [7, 11) is 0. The molecule has 1 aromatic carbocycles. The molecular weight excluding hydrogens is 392 g/mol. The fourth-order valence-electron chi connectivity index (χ4n) is 3.97. The van der Waals surface area contributed by atoms with Gasteiger partial charge in [0.05, 0.1) is 24.9 Å². The van der Waals surface area contributed by atoms with Gasteiger partial charge in [-0.05, 0) is 45.7 Å². The molecule has 4 rings (SSSR count). The van der Waals surface area contributed by atoms with E-state index < -0.39 is 5.60 Å². The minimum absolute atomic E-state index is 0.233. The average molecular weight is 421 g/mol. The molecule has 158 valence electrons. The zero-order valence-electron chi connectivity index (χ0n) is 17.4. The Morgan fingerprint density at radius 2 is 1.86 bits per heavy atom. The number of anilines is 1. The van der Waals surface area contributed by atoms with Crippen LogP contribution in [0.5, 0.6) is 0 Å². The zero-order chi connectivity index (χ0) is 20.6. The van der Waals surface area contributed by atoms with Crippen LogP contribution in [0.2, 0.25) is 5.02 Å². The average Bonchev–Trinajstić information content (AvgIpc) is 3.10. The molecule has 7 nitrogen and oxygen atoms in total. The molecule has 2 aromatic rings. The van der Waals surface area contributed by atoms with Gasteiger partial charge in [0.1, 0.15) is 11.1 Å². The number of benzene rings is 1. The number of amides is 1. The van der Waals surface area contributed by atoms with Crippen LogP contribution in [0.4, 0.5) is 10.5 Å². The summed E-state index contributed by atoms with van der Waals surface area (Å²) in [6.45, 7) is 10.2. The maximum Gasteiger partial charge on any atom is 0.410 e. The molecule has 0 N–H and O–H groups in total. The molecule has 8 heteroatoms. The molecule has 0 unspecified atom stereocenters. The highest BCUT2D eigenvalue weighted by molar-refractivity contribution is 6.31. The monoisotopic (exact) mass is 420 g/mol. The van der Waals surface area contributed by atoms with Gasteiger partial charge in [-0.2, -0.15) is 5.10 Å². The molecule has 0 saturated carbocycles. The second-order valence-corrected chi connectivity index (χ2v) is 9.21. The van der Waals surface area contributed by atoms with Gasteiger partial charge in [0.25, 0.3) is 0 Å². The first-order chi connectivity index (χ1) is 13.8. The minimum atomic E-state index is -0.469. The van der Waals surface area contributed by atoms with Crippen molar-refractivity contribution < 1.29 is 14.3 Å². The van der Waals surface area contributed by atoms with Crippen LogP contribution in [-0.4, -0.2) is 65.8 Å².